The summed E-state index contributed by atoms with van der Waals surface area (Å²) >= 11 is 0. The first-order valence-corrected chi connectivity index (χ1v) is 13.3. The quantitative estimate of drug-likeness (QED) is 0.380. The number of pyridine rings is 1. The molecule has 1 atom stereocenters. The molecule has 1 fully saturated rings. The molecule has 0 unspecified atom stereocenters. The molecule has 1 saturated heterocycles. The van der Waals surface area contributed by atoms with E-state index in [0.717, 1.165) is 22.6 Å². The Labute approximate surface area is 235 Å². The van der Waals surface area contributed by atoms with Crippen molar-refractivity contribution in [1.82, 2.24) is 30.0 Å². The number of nitriles is 1. The molecular weight excluding hydrogens is 522 g/mol. The fraction of sp³-hybridized carbons (Fsp3) is 0.276. The third-order valence-corrected chi connectivity index (χ3v) is 7.51. The van der Waals surface area contributed by atoms with Crippen molar-refractivity contribution in [1.29, 1.82) is 5.26 Å². The predicted molar refractivity (Wildman–Crippen MR) is 150 cm³/mol. The van der Waals surface area contributed by atoms with Gasteiger partial charge < -0.3 is 19.4 Å². The Kier molecular flexibility index (Phi) is 6.99. The molecule has 0 spiro atoms. The molecule has 41 heavy (non-hydrogen) atoms. The molecule has 6 rings (SSSR count). The molecular formula is C29H27N9O3. The first-order valence-electron chi connectivity index (χ1n) is 13.3. The van der Waals surface area contributed by atoms with Gasteiger partial charge >= 0.3 is 6.01 Å². The summed E-state index contributed by atoms with van der Waals surface area (Å²) in [6.07, 6.45) is 4.73. The number of hydrogen-bond acceptors (Lipinski definition) is 10. The first kappa shape index (κ1) is 25.9. The zero-order chi connectivity index (χ0) is 28.3. The Hall–Kier alpha value is -5.31. The van der Waals surface area contributed by atoms with Crippen molar-refractivity contribution in [2.45, 2.75) is 19.5 Å². The molecule has 2 aliphatic heterocycles. The molecule has 5 heterocycles. The molecule has 0 aliphatic carbocycles. The summed E-state index contributed by atoms with van der Waals surface area (Å²) in [6.45, 7) is 4.86. The second-order valence-electron chi connectivity index (χ2n) is 9.88. The van der Waals surface area contributed by atoms with Crippen LogP contribution in [0.4, 0.5) is 11.5 Å². The molecule has 0 radical (unpaired) electrons. The molecule has 12 nitrogen and oxygen atoms in total. The van der Waals surface area contributed by atoms with Gasteiger partial charge in [-0.2, -0.15) is 15.3 Å². The van der Waals surface area contributed by atoms with Crippen LogP contribution in [0.1, 0.15) is 38.8 Å². The van der Waals surface area contributed by atoms with E-state index < -0.39 is 0 Å². The number of piperazine rings is 1. The summed E-state index contributed by atoms with van der Waals surface area (Å²) in [5, 5.41) is 15.5. The zero-order valence-electron chi connectivity index (χ0n) is 22.4. The van der Waals surface area contributed by atoms with Gasteiger partial charge in [0.05, 0.1) is 23.5 Å². The van der Waals surface area contributed by atoms with Crippen molar-refractivity contribution in [3.8, 4) is 12.1 Å². The second kappa shape index (κ2) is 11.1. The summed E-state index contributed by atoms with van der Waals surface area (Å²) < 4.78 is 6.06. The van der Waals surface area contributed by atoms with Crippen LogP contribution in [0.5, 0.6) is 6.01 Å². The molecule has 1 N–H and O–H groups in total. The molecule has 206 valence electrons. The molecule has 0 bridgehead atoms. The van der Waals surface area contributed by atoms with Crippen LogP contribution in [-0.2, 0) is 6.54 Å². The number of carbonyl (C=O) groups excluding carboxylic acids is 1. The molecule has 2 aliphatic rings. The number of rotatable bonds is 6. The number of carbonyl (C=O) groups is 1. The van der Waals surface area contributed by atoms with Crippen LogP contribution in [0.2, 0.25) is 0 Å². The summed E-state index contributed by atoms with van der Waals surface area (Å²) in [7, 11) is 0. The number of fused-ring (bicyclic) bond motifs is 1. The number of nitrogens with one attached hydrogen (secondary N) is 1. The molecule has 0 saturated carbocycles. The Morgan fingerprint density at radius 3 is 2.71 bits per heavy atom. The van der Waals surface area contributed by atoms with Gasteiger partial charge in [0.15, 0.2) is 0 Å². The van der Waals surface area contributed by atoms with Crippen LogP contribution >= 0.6 is 0 Å². The maximum atomic E-state index is 13.3. The van der Waals surface area contributed by atoms with E-state index in [9.17, 15) is 9.59 Å². The second-order valence-corrected chi connectivity index (χ2v) is 9.88. The highest BCUT2D eigenvalue weighted by atomic mass is 16.5. The molecule has 1 amide bonds. The topological polar surface area (TPSA) is 144 Å². The Morgan fingerprint density at radius 2 is 1.93 bits per heavy atom. The lowest BCUT2D eigenvalue weighted by Crippen LogP contribution is -2.49. The average Bonchev–Trinajstić information content (AvgIpc) is 3.39. The van der Waals surface area contributed by atoms with Crippen molar-refractivity contribution >= 4 is 17.4 Å². The van der Waals surface area contributed by atoms with Crippen molar-refractivity contribution < 1.29 is 9.53 Å². The van der Waals surface area contributed by atoms with Gasteiger partial charge in [0.2, 0.25) is 0 Å². The SMILES string of the molecule is Cc1c(N2Cc3ccccc3[C@H]2COc2nccc(C(=O)N3CCN(c4ccc(C#N)cn4)CC3)n2)cn[nH]c1=O. The van der Waals surface area contributed by atoms with Crippen LogP contribution < -0.4 is 20.1 Å². The van der Waals surface area contributed by atoms with E-state index in [0.29, 0.717) is 43.9 Å². The van der Waals surface area contributed by atoms with Gasteiger partial charge in [-0.3, -0.25) is 9.59 Å². The van der Waals surface area contributed by atoms with Crippen molar-refractivity contribution in [3.63, 3.8) is 0 Å². The van der Waals surface area contributed by atoms with E-state index in [4.69, 9.17) is 10.00 Å². The predicted octanol–water partition coefficient (Wildman–Crippen LogP) is 2.24. The zero-order valence-corrected chi connectivity index (χ0v) is 22.4. The summed E-state index contributed by atoms with van der Waals surface area (Å²) in [5.74, 6) is 0.588. The van der Waals surface area contributed by atoms with Gasteiger partial charge in [-0.25, -0.2) is 15.1 Å². The lowest BCUT2D eigenvalue weighted by atomic mass is 10.1. The Morgan fingerprint density at radius 1 is 1.10 bits per heavy atom. The van der Waals surface area contributed by atoms with Crippen LogP contribution in [0.3, 0.4) is 0 Å². The maximum absolute atomic E-state index is 13.3. The summed E-state index contributed by atoms with van der Waals surface area (Å²) in [6, 6.07) is 15.2. The number of H-pyrrole nitrogens is 1. The molecule has 3 aromatic heterocycles. The van der Waals surface area contributed by atoms with E-state index in [2.05, 4.69) is 47.1 Å². The smallest absolute Gasteiger partial charge is 0.317 e. The monoisotopic (exact) mass is 549 g/mol. The number of aromatic nitrogens is 5. The van der Waals surface area contributed by atoms with Crippen LogP contribution in [-0.4, -0.2) is 68.7 Å². The number of ether oxygens (including phenoxy) is 1. The van der Waals surface area contributed by atoms with E-state index in [1.807, 2.05) is 24.3 Å². The van der Waals surface area contributed by atoms with E-state index in [1.165, 1.54) is 6.20 Å². The van der Waals surface area contributed by atoms with Gasteiger partial charge in [0.25, 0.3) is 11.5 Å². The van der Waals surface area contributed by atoms with Gasteiger partial charge in [0.1, 0.15) is 24.2 Å². The maximum Gasteiger partial charge on any atom is 0.317 e. The number of benzene rings is 1. The van der Waals surface area contributed by atoms with Gasteiger partial charge in [0, 0.05) is 50.7 Å². The number of aromatic amines is 1. The standard InChI is InChI=1S/C29H27N9O3/c1-19-24(16-33-35-27(19)39)38-17-21-4-2-3-5-22(21)25(38)18-41-29-31-9-8-23(34-29)28(40)37-12-10-36(11-13-37)26-7-6-20(14-30)15-32-26/h2-9,15-16,25H,10-13,17-18H2,1H3,(H,35,39)/t25-/m1/s1. The van der Waals surface area contributed by atoms with Gasteiger partial charge in [-0.05, 0) is 36.2 Å². The van der Waals surface area contributed by atoms with Gasteiger partial charge in [-0.1, -0.05) is 24.3 Å². The summed E-state index contributed by atoms with van der Waals surface area (Å²) in [4.78, 5) is 44.5. The number of amides is 1. The lowest BCUT2D eigenvalue weighted by molar-refractivity contribution is 0.0738. The first-order chi connectivity index (χ1) is 20.0. The van der Waals surface area contributed by atoms with Crippen LogP contribution in [0.15, 0.2) is 65.8 Å². The van der Waals surface area contributed by atoms with Crippen LogP contribution in [0.25, 0.3) is 0 Å². The minimum Gasteiger partial charge on any atom is -0.461 e. The molecule has 4 aromatic rings. The minimum absolute atomic E-state index is 0.112. The highest BCUT2D eigenvalue weighted by molar-refractivity contribution is 5.92. The van der Waals surface area contributed by atoms with Crippen molar-refractivity contribution in [2.24, 2.45) is 0 Å². The fourth-order valence-corrected chi connectivity index (χ4v) is 5.26. The molecule has 12 heteroatoms. The fourth-order valence-electron chi connectivity index (χ4n) is 5.26. The lowest BCUT2D eigenvalue weighted by Gasteiger charge is -2.35. The highest BCUT2D eigenvalue weighted by Gasteiger charge is 2.32. The molecule has 1 aromatic carbocycles. The largest absolute Gasteiger partial charge is 0.461 e. The normalized spacial score (nSPS) is 16.3. The Balaban J connectivity index is 1.13. The van der Waals surface area contributed by atoms with E-state index in [-0.39, 0.29) is 35.8 Å². The highest BCUT2D eigenvalue weighted by Crippen LogP contribution is 2.38. The third-order valence-electron chi connectivity index (χ3n) is 7.51. The van der Waals surface area contributed by atoms with Crippen molar-refractivity contribution in [2.75, 3.05) is 42.6 Å². The Bertz CT molecular complexity index is 1670. The third kappa shape index (κ3) is 5.17. The van der Waals surface area contributed by atoms with Gasteiger partial charge in [-0.15, -0.1) is 0 Å². The summed E-state index contributed by atoms with van der Waals surface area (Å²) in [5.41, 5.74) is 4.09. The minimum atomic E-state index is -0.235. The van der Waals surface area contributed by atoms with Crippen LogP contribution in [0, 0.1) is 18.3 Å². The van der Waals surface area contributed by atoms with E-state index >= 15 is 0 Å². The average molecular weight is 550 g/mol. The number of nitrogens with zero attached hydrogens (tertiary/aromatic N) is 8. The van der Waals surface area contributed by atoms with Crippen molar-refractivity contribution in [3.05, 3.63) is 99.4 Å². The number of hydrogen-bond donors (Lipinski definition) is 1. The van der Waals surface area contributed by atoms with E-state index in [1.54, 1.807) is 36.4 Å². The number of anilines is 2.